The van der Waals surface area contributed by atoms with Crippen LogP contribution in [0.3, 0.4) is 0 Å². The number of anilines is 1. The Morgan fingerprint density at radius 3 is 2.48 bits per heavy atom. The highest BCUT2D eigenvalue weighted by molar-refractivity contribution is 5.71. The summed E-state index contributed by atoms with van der Waals surface area (Å²) >= 11 is 0. The van der Waals surface area contributed by atoms with E-state index in [4.69, 9.17) is 5.73 Å². The number of hydrogen-bond acceptors (Lipinski definition) is 4. The molecule has 0 aliphatic carbocycles. The number of halogens is 1. The molecule has 114 valence electrons. The zero-order valence-electron chi connectivity index (χ0n) is 13.2. The van der Waals surface area contributed by atoms with Gasteiger partial charge >= 0.3 is 0 Å². The monoisotopic (exact) mass is 291 g/mol. The summed E-state index contributed by atoms with van der Waals surface area (Å²) in [5.41, 5.74) is 6.72. The lowest BCUT2D eigenvalue weighted by Crippen LogP contribution is -2.33. The van der Waals surface area contributed by atoms with E-state index in [-0.39, 0.29) is 16.8 Å². The molecule has 1 aromatic carbocycles. The first-order valence-corrected chi connectivity index (χ1v) is 6.94. The molecular weight excluding hydrogens is 269 g/mol. The van der Waals surface area contributed by atoms with Crippen LogP contribution in [0.2, 0.25) is 0 Å². The number of tetrazole rings is 1. The fourth-order valence-electron chi connectivity index (χ4n) is 2.86. The number of hydrogen-bond donors (Lipinski definition) is 1. The summed E-state index contributed by atoms with van der Waals surface area (Å²) in [4.78, 5) is 0. The fraction of sp³-hybridized carbons (Fsp3) is 0.533. The molecule has 0 fully saturated rings. The highest BCUT2D eigenvalue weighted by Crippen LogP contribution is 2.35. The van der Waals surface area contributed by atoms with E-state index in [9.17, 15) is 4.39 Å². The number of nitrogen functional groups attached to an aromatic ring is 1. The van der Waals surface area contributed by atoms with Gasteiger partial charge in [-0.05, 0) is 54.3 Å². The van der Waals surface area contributed by atoms with Gasteiger partial charge in [-0.15, -0.1) is 5.10 Å². The molecule has 1 aromatic heterocycles. The van der Waals surface area contributed by atoms with Crippen LogP contribution in [0.1, 0.15) is 41.0 Å². The third-order valence-corrected chi connectivity index (χ3v) is 3.26. The Labute approximate surface area is 124 Å². The third-order valence-electron chi connectivity index (χ3n) is 3.26. The van der Waals surface area contributed by atoms with Crippen molar-refractivity contribution in [3.63, 3.8) is 0 Å². The van der Waals surface area contributed by atoms with E-state index in [2.05, 4.69) is 50.1 Å². The van der Waals surface area contributed by atoms with E-state index in [1.165, 1.54) is 18.2 Å². The van der Waals surface area contributed by atoms with Gasteiger partial charge in [-0.2, -0.15) is 0 Å². The van der Waals surface area contributed by atoms with Crippen molar-refractivity contribution < 1.29 is 4.39 Å². The van der Waals surface area contributed by atoms with E-state index in [0.717, 1.165) is 6.42 Å². The van der Waals surface area contributed by atoms with Crippen molar-refractivity contribution in [2.24, 2.45) is 5.41 Å². The van der Waals surface area contributed by atoms with Gasteiger partial charge in [0.1, 0.15) is 5.82 Å². The van der Waals surface area contributed by atoms with Crippen molar-refractivity contribution in [1.82, 2.24) is 20.2 Å². The average Bonchev–Trinajstić information content (AvgIpc) is 2.79. The topological polar surface area (TPSA) is 69.6 Å². The molecule has 2 aromatic rings. The average molecular weight is 291 g/mol. The molecule has 6 heteroatoms. The van der Waals surface area contributed by atoms with E-state index >= 15 is 0 Å². The van der Waals surface area contributed by atoms with Crippen LogP contribution >= 0.6 is 0 Å². The molecule has 5 nitrogen and oxygen atoms in total. The summed E-state index contributed by atoms with van der Waals surface area (Å²) in [7, 11) is 0. The van der Waals surface area contributed by atoms with E-state index < -0.39 is 0 Å². The summed E-state index contributed by atoms with van der Waals surface area (Å²) in [6, 6.07) is 4.22. The van der Waals surface area contributed by atoms with E-state index in [1.807, 2.05) is 0 Å². The van der Waals surface area contributed by atoms with E-state index in [1.54, 1.807) is 4.68 Å². The molecule has 0 amide bonds. The maximum atomic E-state index is 13.5. The Morgan fingerprint density at radius 2 is 1.86 bits per heavy atom. The Morgan fingerprint density at radius 1 is 1.19 bits per heavy atom. The predicted molar refractivity (Wildman–Crippen MR) is 81.0 cm³/mol. The minimum absolute atomic E-state index is 0.111. The van der Waals surface area contributed by atoms with Crippen LogP contribution in [0.4, 0.5) is 10.1 Å². The number of benzene rings is 1. The maximum absolute atomic E-state index is 13.5. The molecule has 0 atom stereocenters. The molecule has 0 saturated carbocycles. The van der Waals surface area contributed by atoms with Crippen LogP contribution in [-0.2, 0) is 5.54 Å². The highest BCUT2D eigenvalue weighted by atomic mass is 19.1. The zero-order valence-corrected chi connectivity index (χ0v) is 13.2. The van der Waals surface area contributed by atoms with Crippen LogP contribution in [0.5, 0.6) is 0 Å². The first-order valence-electron chi connectivity index (χ1n) is 6.94. The van der Waals surface area contributed by atoms with Crippen molar-refractivity contribution in [2.45, 2.75) is 46.6 Å². The first-order chi connectivity index (χ1) is 9.60. The van der Waals surface area contributed by atoms with Gasteiger partial charge in [-0.1, -0.05) is 20.8 Å². The molecule has 2 rings (SSSR count). The molecule has 0 aliphatic rings. The molecule has 0 bridgehead atoms. The van der Waals surface area contributed by atoms with Gasteiger partial charge < -0.3 is 5.73 Å². The lowest BCUT2D eigenvalue weighted by atomic mass is 9.82. The summed E-state index contributed by atoms with van der Waals surface area (Å²) in [6.45, 7) is 10.6. The number of rotatable bonds is 3. The summed E-state index contributed by atoms with van der Waals surface area (Å²) < 4.78 is 15.2. The van der Waals surface area contributed by atoms with Crippen LogP contribution < -0.4 is 5.73 Å². The summed E-state index contributed by atoms with van der Waals surface area (Å²) in [5.74, 6) is 0.128. The lowest BCUT2D eigenvalue weighted by Gasteiger charge is -2.32. The van der Waals surface area contributed by atoms with Crippen molar-refractivity contribution >= 4 is 5.69 Å². The fourth-order valence-corrected chi connectivity index (χ4v) is 2.86. The second-order valence-corrected chi connectivity index (χ2v) is 7.20. The number of nitrogens with two attached hydrogens (primary N) is 1. The Kier molecular flexibility index (Phi) is 3.74. The normalized spacial score (nSPS) is 12.7. The van der Waals surface area contributed by atoms with Crippen molar-refractivity contribution in [1.29, 1.82) is 0 Å². The second-order valence-electron chi connectivity index (χ2n) is 7.20. The second kappa shape index (κ2) is 5.09. The molecule has 1 heterocycles. The standard InChI is InChI=1S/C15H22FN5/c1-14(2,3)9-15(4,5)21-13(18-19-20-21)11-8-10(16)6-7-12(11)17/h6-8H,9,17H2,1-5H3. The molecule has 0 aliphatic heterocycles. The Balaban J connectivity index is 2.50. The van der Waals surface area contributed by atoms with Crippen LogP contribution in [0.25, 0.3) is 11.4 Å². The van der Waals surface area contributed by atoms with Crippen LogP contribution in [-0.4, -0.2) is 20.2 Å². The van der Waals surface area contributed by atoms with Gasteiger partial charge in [0.15, 0.2) is 5.82 Å². The van der Waals surface area contributed by atoms with Gasteiger partial charge in [0.2, 0.25) is 0 Å². The molecule has 0 unspecified atom stereocenters. The summed E-state index contributed by atoms with van der Waals surface area (Å²) in [5, 5.41) is 11.9. The third kappa shape index (κ3) is 3.37. The van der Waals surface area contributed by atoms with Crippen LogP contribution in [0, 0.1) is 11.2 Å². The SMILES string of the molecule is CC(C)(C)CC(C)(C)n1nnnc1-c1cc(F)ccc1N. The maximum Gasteiger partial charge on any atom is 0.184 e. The molecule has 0 saturated heterocycles. The molecule has 2 N–H and O–H groups in total. The minimum atomic E-state index is -0.359. The van der Waals surface area contributed by atoms with Gasteiger partial charge in [0, 0.05) is 11.3 Å². The summed E-state index contributed by atoms with van der Waals surface area (Å²) in [6.07, 6.45) is 0.868. The largest absolute Gasteiger partial charge is 0.398 e. The number of aromatic nitrogens is 4. The molecular formula is C15H22FN5. The lowest BCUT2D eigenvalue weighted by molar-refractivity contribution is 0.197. The Hall–Kier alpha value is -1.98. The predicted octanol–water partition coefficient (Wildman–Crippen LogP) is 3.23. The van der Waals surface area contributed by atoms with Crippen molar-refractivity contribution in [3.05, 3.63) is 24.0 Å². The van der Waals surface area contributed by atoms with Gasteiger partial charge in [0.25, 0.3) is 0 Å². The number of nitrogens with zero attached hydrogens (tertiary/aromatic N) is 4. The van der Waals surface area contributed by atoms with Crippen molar-refractivity contribution in [3.8, 4) is 11.4 Å². The molecule has 0 spiro atoms. The Bertz CT molecular complexity index is 640. The van der Waals surface area contributed by atoms with Gasteiger partial charge in [0.05, 0.1) is 5.54 Å². The molecule has 21 heavy (non-hydrogen) atoms. The highest BCUT2D eigenvalue weighted by Gasteiger charge is 2.31. The first kappa shape index (κ1) is 15.4. The quantitative estimate of drug-likeness (QED) is 0.881. The molecule has 0 radical (unpaired) electrons. The smallest absolute Gasteiger partial charge is 0.184 e. The van der Waals surface area contributed by atoms with Gasteiger partial charge in [-0.25, -0.2) is 9.07 Å². The van der Waals surface area contributed by atoms with Crippen LogP contribution in [0.15, 0.2) is 18.2 Å². The van der Waals surface area contributed by atoms with Crippen molar-refractivity contribution in [2.75, 3.05) is 5.73 Å². The van der Waals surface area contributed by atoms with Gasteiger partial charge in [-0.3, -0.25) is 0 Å². The zero-order chi connectivity index (χ0) is 15.8. The minimum Gasteiger partial charge on any atom is -0.398 e. The van der Waals surface area contributed by atoms with E-state index in [0.29, 0.717) is 17.1 Å².